The minimum atomic E-state index is 0.183. The molecule has 21 heavy (non-hydrogen) atoms. The zero-order valence-electron chi connectivity index (χ0n) is 12.6. The molecule has 0 bridgehead atoms. The quantitative estimate of drug-likeness (QED) is 0.860. The second-order valence-electron chi connectivity index (χ2n) is 5.86. The van der Waals surface area contributed by atoms with Crippen molar-refractivity contribution in [2.24, 2.45) is 0 Å². The van der Waals surface area contributed by atoms with E-state index in [-0.39, 0.29) is 5.91 Å². The van der Waals surface area contributed by atoms with Crippen LogP contribution in [0.3, 0.4) is 0 Å². The SMILES string of the molecule is COc1cc2c(cc1N)N(C(=O)CN1CCCC1)CCC2. The van der Waals surface area contributed by atoms with Gasteiger partial charge in [-0.15, -0.1) is 0 Å². The zero-order valence-corrected chi connectivity index (χ0v) is 12.6. The molecule has 0 atom stereocenters. The fourth-order valence-corrected chi connectivity index (χ4v) is 3.28. The summed E-state index contributed by atoms with van der Waals surface area (Å²) in [5, 5.41) is 0. The Kier molecular flexibility index (Phi) is 4.01. The number of nitrogens with two attached hydrogens (primary N) is 1. The molecule has 1 saturated heterocycles. The number of rotatable bonds is 3. The largest absolute Gasteiger partial charge is 0.495 e. The fourth-order valence-electron chi connectivity index (χ4n) is 3.28. The number of ether oxygens (including phenoxy) is 1. The molecule has 5 nitrogen and oxygen atoms in total. The molecule has 2 aliphatic rings. The Bertz CT molecular complexity index is 539. The van der Waals surface area contributed by atoms with Crippen molar-refractivity contribution in [1.82, 2.24) is 4.90 Å². The van der Waals surface area contributed by atoms with Crippen LogP contribution in [0.5, 0.6) is 5.75 Å². The molecule has 1 amide bonds. The molecule has 0 unspecified atom stereocenters. The van der Waals surface area contributed by atoms with Gasteiger partial charge in [0.1, 0.15) is 5.75 Å². The monoisotopic (exact) mass is 289 g/mol. The summed E-state index contributed by atoms with van der Waals surface area (Å²) < 4.78 is 5.28. The highest BCUT2D eigenvalue weighted by Crippen LogP contribution is 2.35. The molecule has 0 aromatic heterocycles. The first-order valence-corrected chi connectivity index (χ1v) is 7.68. The van der Waals surface area contributed by atoms with Gasteiger partial charge in [-0.2, -0.15) is 0 Å². The average Bonchev–Trinajstić information content (AvgIpc) is 2.98. The van der Waals surface area contributed by atoms with Gasteiger partial charge in [0, 0.05) is 12.2 Å². The van der Waals surface area contributed by atoms with Crippen molar-refractivity contribution >= 4 is 17.3 Å². The summed E-state index contributed by atoms with van der Waals surface area (Å²) in [6, 6.07) is 3.86. The fraction of sp³-hybridized carbons (Fsp3) is 0.562. The van der Waals surface area contributed by atoms with Gasteiger partial charge in [0.2, 0.25) is 5.91 Å². The number of nitrogens with zero attached hydrogens (tertiary/aromatic N) is 2. The van der Waals surface area contributed by atoms with E-state index in [1.807, 2.05) is 17.0 Å². The lowest BCUT2D eigenvalue weighted by Gasteiger charge is -2.31. The number of carbonyl (C=O) groups excluding carboxylic acids is 1. The number of hydrogen-bond donors (Lipinski definition) is 1. The second-order valence-corrected chi connectivity index (χ2v) is 5.86. The third kappa shape index (κ3) is 2.83. The van der Waals surface area contributed by atoms with Gasteiger partial charge in [0.15, 0.2) is 0 Å². The molecule has 0 spiro atoms. The van der Waals surface area contributed by atoms with Crippen LogP contribution in [0.15, 0.2) is 12.1 Å². The predicted octanol–water partition coefficient (Wildman–Crippen LogP) is 1.65. The standard InChI is InChI=1S/C16H23N3O2/c1-21-15-9-12-5-4-8-19(14(12)10-13(15)17)16(20)11-18-6-2-3-7-18/h9-10H,2-8,11,17H2,1H3. The average molecular weight is 289 g/mol. The molecule has 0 saturated carbocycles. The second kappa shape index (κ2) is 5.93. The van der Waals surface area contributed by atoms with Gasteiger partial charge in [-0.05, 0) is 56.5 Å². The van der Waals surface area contributed by atoms with Crippen molar-refractivity contribution in [3.63, 3.8) is 0 Å². The smallest absolute Gasteiger partial charge is 0.241 e. The summed E-state index contributed by atoms with van der Waals surface area (Å²) in [4.78, 5) is 16.7. The Balaban J connectivity index is 1.82. The van der Waals surface area contributed by atoms with Crippen molar-refractivity contribution in [2.75, 3.05) is 43.9 Å². The van der Waals surface area contributed by atoms with Gasteiger partial charge in [0.25, 0.3) is 0 Å². The topological polar surface area (TPSA) is 58.8 Å². The minimum Gasteiger partial charge on any atom is -0.495 e. The molecule has 0 aliphatic carbocycles. The van der Waals surface area contributed by atoms with E-state index in [4.69, 9.17) is 10.5 Å². The number of carbonyl (C=O) groups is 1. The van der Waals surface area contributed by atoms with Gasteiger partial charge in [-0.25, -0.2) is 0 Å². The van der Waals surface area contributed by atoms with Crippen LogP contribution in [0.4, 0.5) is 11.4 Å². The van der Waals surface area contributed by atoms with E-state index in [0.29, 0.717) is 18.0 Å². The Labute approximate surface area is 125 Å². The lowest BCUT2D eigenvalue weighted by atomic mass is 10.0. The van der Waals surface area contributed by atoms with E-state index >= 15 is 0 Å². The third-order valence-electron chi connectivity index (χ3n) is 4.41. The number of amides is 1. The van der Waals surface area contributed by atoms with E-state index in [1.54, 1.807) is 7.11 Å². The van der Waals surface area contributed by atoms with Crippen molar-refractivity contribution in [2.45, 2.75) is 25.7 Å². The van der Waals surface area contributed by atoms with Gasteiger partial charge < -0.3 is 15.4 Å². The minimum absolute atomic E-state index is 0.183. The highest BCUT2D eigenvalue weighted by molar-refractivity contribution is 5.96. The number of hydrogen-bond acceptors (Lipinski definition) is 4. The molecule has 2 N–H and O–H groups in total. The van der Waals surface area contributed by atoms with E-state index in [0.717, 1.165) is 43.7 Å². The van der Waals surface area contributed by atoms with E-state index in [9.17, 15) is 4.79 Å². The Morgan fingerprint density at radius 2 is 2.00 bits per heavy atom. The third-order valence-corrected chi connectivity index (χ3v) is 4.41. The zero-order chi connectivity index (χ0) is 14.8. The van der Waals surface area contributed by atoms with E-state index in [1.165, 1.54) is 12.8 Å². The van der Waals surface area contributed by atoms with Gasteiger partial charge in [-0.3, -0.25) is 9.69 Å². The van der Waals surface area contributed by atoms with E-state index in [2.05, 4.69) is 4.90 Å². The highest BCUT2D eigenvalue weighted by atomic mass is 16.5. The number of nitrogen functional groups attached to an aromatic ring is 1. The summed E-state index contributed by atoms with van der Waals surface area (Å²) in [5.74, 6) is 0.880. The summed E-state index contributed by atoms with van der Waals surface area (Å²) >= 11 is 0. The molecule has 0 radical (unpaired) electrons. The molecule has 114 valence electrons. The number of likely N-dealkylation sites (tertiary alicyclic amines) is 1. The Hall–Kier alpha value is -1.75. The number of anilines is 2. The first-order chi connectivity index (χ1) is 10.2. The van der Waals surface area contributed by atoms with Crippen molar-refractivity contribution < 1.29 is 9.53 Å². The normalized spacial score (nSPS) is 18.6. The Morgan fingerprint density at radius 1 is 1.24 bits per heavy atom. The van der Waals surface area contributed by atoms with Crippen LogP contribution in [0.25, 0.3) is 0 Å². The first kappa shape index (κ1) is 14.2. The molecule has 1 aromatic rings. The number of methoxy groups -OCH3 is 1. The van der Waals surface area contributed by atoms with Crippen molar-refractivity contribution in [3.05, 3.63) is 17.7 Å². The van der Waals surface area contributed by atoms with Crippen molar-refractivity contribution in [1.29, 1.82) is 0 Å². The lowest BCUT2D eigenvalue weighted by molar-refractivity contribution is -0.119. The highest BCUT2D eigenvalue weighted by Gasteiger charge is 2.26. The summed E-state index contributed by atoms with van der Waals surface area (Å²) in [7, 11) is 1.62. The van der Waals surface area contributed by atoms with Crippen LogP contribution in [0.1, 0.15) is 24.8 Å². The van der Waals surface area contributed by atoms with Crippen LogP contribution < -0.4 is 15.4 Å². The van der Waals surface area contributed by atoms with E-state index < -0.39 is 0 Å². The predicted molar refractivity (Wildman–Crippen MR) is 83.8 cm³/mol. The molecule has 2 heterocycles. The van der Waals surface area contributed by atoms with Gasteiger partial charge in [0.05, 0.1) is 19.3 Å². The van der Waals surface area contributed by atoms with Crippen LogP contribution in [0, 0.1) is 0 Å². The molecular weight excluding hydrogens is 266 g/mol. The summed E-state index contributed by atoms with van der Waals surface area (Å²) in [6.45, 7) is 3.38. The van der Waals surface area contributed by atoms with Gasteiger partial charge >= 0.3 is 0 Å². The van der Waals surface area contributed by atoms with Gasteiger partial charge in [-0.1, -0.05) is 0 Å². The molecule has 3 rings (SSSR count). The molecule has 1 fully saturated rings. The van der Waals surface area contributed by atoms with Crippen LogP contribution in [-0.4, -0.2) is 44.1 Å². The number of aryl methyl sites for hydroxylation is 1. The summed E-state index contributed by atoms with van der Waals surface area (Å²) in [6.07, 6.45) is 4.37. The molecular formula is C16H23N3O2. The molecule has 1 aromatic carbocycles. The lowest BCUT2D eigenvalue weighted by Crippen LogP contribution is -2.42. The number of benzene rings is 1. The maximum Gasteiger partial charge on any atom is 0.241 e. The maximum atomic E-state index is 12.6. The van der Waals surface area contributed by atoms with Crippen LogP contribution in [0.2, 0.25) is 0 Å². The van der Waals surface area contributed by atoms with Crippen molar-refractivity contribution in [3.8, 4) is 5.75 Å². The molecule has 5 heteroatoms. The van der Waals surface area contributed by atoms with Crippen LogP contribution in [-0.2, 0) is 11.2 Å². The van der Waals surface area contributed by atoms with Crippen LogP contribution >= 0.6 is 0 Å². The maximum absolute atomic E-state index is 12.6. The molecule has 2 aliphatic heterocycles. The Morgan fingerprint density at radius 3 is 2.71 bits per heavy atom. The number of fused-ring (bicyclic) bond motifs is 1. The summed E-state index contributed by atoms with van der Waals surface area (Å²) in [5.41, 5.74) is 8.72. The first-order valence-electron chi connectivity index (χ1n) is 7.68.